The van der Waals surface area contributed by atoms with E-state index in [0.717, 1.165) is 51.9 Å². The van der Waals surface area contributed by atoms with E-state index in [1.165, 1.54) is 5.56 Å². The monoisotopic (exact) mass is 290 g/mol. The number of amides is 1. The third kappa shape index (κ3) is 4.81. The molecular formula is C17H28N3O+. The van der Waals surface area contributed by atoms with Gasteiger partial charge in [0.2, 0.25) is 5.91 Å². The lowest BCUT2D eigenvalue weighted by atomic mass is 9.95. The van der Waals surface area contributed by atoms with Gasteiger partial charge < -0.3 is 9.80 Å². The maximum Gasteiger partial charge on any atom is 0.225 e. The summed E-state index contributed by atoms with van der Waals surface area (Å²) >= 11 is 0. The molecule has 0 unspecified atom stereocenters. The number of piperidine rings is 1. The zero-order chi connectivity index (χ0) is 15.1. The average molecular weight is 290 g/mol. The standard InChI is InChI=1S/C17H27N3O/c1-3-4-10-19(2)17(21)16-7-11-20(12-8-16)14-15-6-5-9-18-13-15/h5-6,9,13,16H,3-4,7-8,10-12,14H2,1-2H3/p+1. The van der Waals surface area contributed by atoms with E-state index in [-0.39, 0.29) is 5.92 Å². The van der Waals surface area contributed by atoms with Crippen LogP contribution < -0.4 is 4.90 Å². The van der Waals surface area contributed by atoms with Gasteiger partial charge in [-0.05, 0) is 12.5 Å². The van der Waals surface area contributed by atoms with E-state index in [0.29, 0.717) is 5.91 Å². The Morgan fingerprint density at radius 3 is 2.81 bits per heavy atom. The first kappa shape index (κ1) is 16.0. The molecule has 0 radical (unpaired) electrons. The van der Waals surface area contributed by atoms with Gasteiger partial charge in [0, 0.05) is 50.3 Å². The van der Waals surface area contributed by atoms with E-state index in [1.54, 1.807) is 4.90 Å². The SMILES string of the molecule is CCCCN(C)C(=O)C1CC[NH+](Cc2cccnc2)CC1. The second kappa shape index (κ2) is 8.13. The number of likely N-dealkylation sites (tertiary alicyclic amines) is 1. The molecule has 1 amide bonds. The summed E-state index contributed by atoms with van der Waals surface area (Å²) in [4.78, 5) is 20.0. The van der Waals surface area contributed by atoms with Gasteiger partial charge in [-0.3, -0.25) is 9.78 Å². The van der Waals surface area contributed by atoms with Gasteiger partial charge in [0.1, 0.15) is 6.54 Å². The first-order valence-electron chi connectivity index (χ1n) is 8.18. The number of nitrogens with one attached hydrogen (secondary N) is 1. The molecule has 0 bridgehead atoms. The van der Waals surface area contributed by atoms with Crippen LogP contribution in [-0.2, 0) is 11.3 Å². The van der Waals surface area contributed by atoms with Crippen LogP contribution in [0.15, 0.2) is 24.5 Å². The van der Waals surface area contributed by atoms with Crippen LogP contribution in [0.25, 0.3) is 0 Å². The predicted octanol–water partition coefficient (Wildman–Crippen LogP) is 1.14. The van der Waals surface area contributed by atoms with Crippen LogP contribution >= 0.6 is 0 Å². The molecule has 1 N–H and O–H groups in total. The van der Waals surface area contributed by atoms with E-state index in [1.807, 2.05) is 30.4 Å². The van der Waals surface area contributed by atoms with Crippen molar-refractivity contribution in [3.05, 3.63) is 30.1 Å². The number of pyridine rings is 1. The van der Waals surface area contributed by atoms with Gasteiger partial charge in [0.15, 0.2) is 0 Å². The summed E-state index contributed by atoms with van der Waals surface area (Å²) in [7, 11) is 1.95. The normalized spacial score (nSPS) is 22.0. The van der Waals surface area contributed by atoms with Gasteiger partial charge in [-0.1, -0.05) is 19.4 Å². The largest absolute Gasteiger partial charge is 0.346 e. The molecule has 21 heavy (non-hydrogen) atoms. The van der Waals surface area contributed by atoms with Crippen molar-refractivity contribution in [3.63, 3.8) is 0 Å². The van der Waals surface area contributed by atoms with Crippen LogP contribution in [0.5, 0.6) is 0 Å². The fourth-order valence-corrected chi connectivity index (χ4v) is 3.06. The Balaban J connectivity index is 1.76. The number of hydrogen-bond acceptors (Lipinski definition) is 2. The molecule has 2 rings (SSSR count). The maximum absolute atomic E-state index is 12.4. The summed E-state index contributed by atoms with van der Waals surface area (Å²) in [6.07, 6.45) is 8.05. The van der Waals surface area contributed by atoms with Crippen molar-refractivity contribution >= 4 is 5.91 Å². The molecule has 0 saturated carbocycles. The molecule has 4 nitrogen and oxygen atoms in total. The lowest BCUT2D eigenvalue weighted by Gasteiger charge is -2.31. The molecule has 1 aromatic rings. The molecule has 2 heterocycles. The number of rotatable bonds is 6. The summed E-state index contributed by atoms with van der Waals surface area (Å²) in [5, 5.41) is 0. The van der Waals surface area contributed by atoms with E-state index in [2.05, 4.69) is 18.0 Å². The summed E-state index contributed by atoms with van der Waals surface area (Å²) in [6.45, 7) is 6.27. The van der Waals surface area contributed by atoms with Crippen molar-refractivity contribution in [1.82, 2.24) is 9.88 Å². The lowest BCUT2D eigenvalue weighted by molar-refractivity contribution is -0.919. The van der Waals surface area contributed by atoms with Crippen LogP contribution in [-0.4, -0.2) is 42.5 Å². The number of unbranched alkanes of at least 4 members (excludes halogenated alkanes) is 1. The van der Waals surface area contributed by atoms with E-state index >= 15 is 0 Å². The van der Waals surface area contributed by atoms with E-state index < -0.39 is 0 Å². The summed E-state index contributed by atoms with van der Waals surface area (Å²) in [6, 6.07) is 4.13. The second-order valence-corrected chi connectivity index (χ2v) is 6.18. The van der Waals surface area contributed by atoms with Gasteiger partial charge in [-0.25, -0.2) is 0 Å². The molecule has 0 spiro atoms. The molecule has 0 aromatic carbocycles. The molecule has 1 aromatic heterocycles. The minimum absolute atomic E-state index is 0.240. The van der Waals surface area contributed by atoms with Crippen LogP contribution in [0.4, 0.5) is 0 Å². The number of hydrogen-bond donors (Lipinski definition) is 1. The minimum Gasteiger partial charge on any atom is -0.346 e. The average Bonchev–Trinajstić information content (AvgIpc) is 2.53. The highest BCUT2D eigenvalue weighted by molar-refractivity contribution is 5.78. The van der Waals surface area contributed by atoms with Gasteiger partial charge >= 0.3 is 0 Å². The Kier molecular flexibility index (Phi) is 6.18. The highest BCUT2D eigenvalue weighted by Gasteiger charge is 2.29. The van der Waals surface area contributed by atoms with Crippen LogP contribution in [0.3, 0.4) is 0 Å². The number of carbonyl (C=O) groups excluding carboxylic acids is 1. The van der Waals surface area contributed by atoms with E-state index in [4.69, 9.17) is 0 Å². The van der Waals surface area contributed by atoms with Crippen molar-refractivity contribution in [2.24, 2.45) is 5.92 Å². The molecule has 0 aliphatic carbocycles. The fraction of sp³-hybridized carbons (Fsp3) is 0.647. The number of quaternary nitrogens is 1. The van der Waals surface area contributed by atoms with Gasteiger partial charge in [0.25, 0.3) is 0 Å². The molecule has 0 atom stereocenters. The summed E-state index contributed by atoms with van der Waals surface area (Å²) < 4.78 is 0. The number of nitrogens with zero attached hydrogens (tertiary/aromatic N) is 2. The maximum atomic E-state index is 12.4. The second-order valence-electron chi connectivity index (χ2n) is 6.18. The molecular weight excluding hydrogens is 262 g/mol. The first-order chi connectivity index (χ1) is 10.2. The van der Waals surface area contributed by atoms with Crippen molar-refractivity contribution in [3.8, 4) is 0 Å². The molecule has 1 aliphatic rings. The zero-order valence-electron chi connectivity index (χ0n) is 13.3. The summed E-state index contributed by atoms with van der Waals surface area (Å²) in [5.41, 5.74) is 1.29. The highest BCUT2D eigenvalue weighted by atomic mass is 16.2. The van der Waals surface area contributed by atoms with Crippen LogP contribution in [0, 0.1) is 5.92 Å². The molecule has 1 saturated heterocycles. The fourth-order valence-electron chi connectivity index (χ4n) is 3.06. The predicted molar refractivity (Wildman–Crippen MR) is 83.9 cm³/mol. The summed E-state index contributed by atoms with van der Waals surface area (Å²) in [5.74, 6) is 0.591. The lowest BCUT2D eigenvalue weighted by Crippen LogP contribution is -3.11. The minimum atomic E-state index is 0.240. The van der Waals surface area contributed by atoms with Crippen molar-refractivity contribution < 1.29 is 9.69 Å². The van der Waals surface area contributed by atoms with Gasteiger partial charge in [-0.2, -0.15) is 0 Å². The van der Waals surface area contributed by atoms with Crippen LogP contribution in [0.1, 0.15) is 38.2 Å². The third-order valence-corrected chi connectivity index (χ3v) is 4.44. The smallest absolute Gasteiger partial charge is 0.225 e. The Labute approximate surface area is 128 Å². The quantitative estimate of drug-likeness (QED) is 0.853. The Bertz CT molecular complexity index is 427. The van der Waals surface area contributed by atoms with E-state index in [9.17, 15) is 4.79 Å². The van der Waals surface area contributed by atoms with Crippen molar-refractivity contribution in [1.29, 1.82) is 0 Å². The highest BCUT2D eigenvalue weighted by Crippen LogP contribution is 2.13. The molecule has 4 heteroatoms. The zero-order valence-corrected chi connectivity index (χ0v) is 13.3. The molecule has 1 fully saturated rings. The molecule has 116 valence electrons. The van der Waals surface area contributed by atoms with Crippen molar-refractivity contribution in [2.45, 2.75) is 39.2 Å². The number of carbonyl (C=O) groups is 1. The topological polar surface area (TPSA) is 37.6 Å². The van der Waals surface area contributed by atoms with Crippen molar-refractivity contribution in [2.75, 3.05) is 26.7 Å². The van der Waals surface area contributed by atoms with Crippen LogP contribution in [0.2, 0.25) is 0 Å². The molecule has 1 aliphatic heterocycles. The first-order valence-corrected chi connectivity index (χ1v) is 8.18. The third-order valence-electron chi connectivity index (χ3n) is 4.44. The van der Waals surface area contributed by atoms with Gasteiger partial charge in [-0.15, -0.1) is 0 Å². The number of aromatic nitrogens is 1. The van der Waals surface area contributed by atoms with Gasteiger partial charge in [0.05, 0.1) is 13.1 Å². The Morgan fingerprint density at radius 2 is 2.19 bits per heavy atom. The Hall–Kier alpha value is -1.42. The Morgan fingerprint density at radius 1 is 1.43 bits per heavy atom.